The molecule has 3 nitrogen and oxygen atoms in total. The first kappa shape index (κ1) is 10.6. The molecule has 0 saturated heterocycles. The maximum atomic E-state index is 11.1. The van der Waals surface area contributed by atoms with E-state index in [9.17, 15) is 4.79 Å². The summed E-state index contributed by atoms with van der Waals surface area (Å²) < 4.78 is 1.24. The summed E-state index contributed by atoms with van der Waals surface area (Å²) in [5.41, 5.74) is 1.48. The van der Waals surface area contributed by atoms with Crippen molar-refractivity contribution < 1.29 is 4.79 Å². The number of hydrogen-bond acceptors (Lipinski definition) is 3. The molecule has 1 aromatic carbocycles. The predicted molar refractivity (Wildman–Crippen MR) is 62.5 cm³/mol. The van der Waals surface area contributed by atoms with Crippen molar-refractivity contribution in [1.29, 1.82) is 0 Å². The molecule has 1 aliphatic rings. The standard InChI is InChI=1S/C9H5Cl3N2O/c10-7-4-14(12)8-5(9(11)15)2-1-3-6(8)13-7/h1-4,13H. The molecule has 15 heavy (non-hydrogen) atoms. The lowest BCUT2D eigenvalue weighted by atomic mass is 10.1. The average molecular weight is 264 g/mol. The van der Waals surface area contributed by atoms with E-state index in [1.54, 1.807) is 18.2 Å². The van der Waals surface area contributed by atoms with Crippen molar-refractivity contribution in [1.82, 2.24) is 0 Å². The van der Waals surface area contributed by atoms with Crippen LogP contribution < -0.4 is 9.74 Å². The zero-order valence-electron chi connectivity index (χ0n) is 7.30. The highest BCUT2D eigenvalue weighted by atomic mass is 35.5. The number of anilines is 2. The van der Waals surface area contributed by atoms with E-state index >= 15 is 0 Å². The van der Waals surface area contributed by atoms with Crippen LogP contribution in [0.2, 0.25) is 0 Å². The Balaban J connectivity index is 2.60. The number of hydrogen-bond donors (Lipinski definition) is 1. The number of carbonyl (C=O) groups is 1. The molecular weight excluding hydrogens is 258 g/mol. The lowest BCUT2D eigenvalue weighted by Gasteiger charge is -2.23. The molecular formula is C9H5Cl3N2O. The van der Waals surface area contributed by atoms with E-state index in [0.29, 0.717) is 22.1 Å². The van der Waals surface area contributed by atoms with Crippen LogP contribution in [-0.2, 0) is 0 Å². The van der Waals surface area contributed by atoms with Crippen LogP contribution >= 0.6 is 35.0 Å². The number of benzene rings is 1. The molecule has 0 atom stereocenters. The molecule has 6 heteroatoms. The molecule has 0 aliphatic carbocycles. The molecule has 0 unspecified atom stereocenters. The Morgan fingerprint density at radius 3 is 2.80 bits per heavy atom. The normalized spacial score (nSPS) is 14.1. The van der Waals surface area contributed by atoms with Crippen LogP contribution in [0.3, 0.4) is 0 Å². The van der Waals surface area contributed by atoms with Gasteiger partial charge in [0.15, 0.2) is 0 Å². The SMILES string of the molecule is O=C(Cl)c1cccc2c1N(Cl)C=C(Cl)N2. The summed E-state index contributed by atoms with van der Waals surface area (Å²) in [6.07, 6.45) is 1.45. The second-order valence-corrected chi connectivity index (χ2v) is 4.00. The van der Waals surface area contributed by atoms with Gasteiger partial charge in [-0.2, -0.15) is 0 Å². The van der Waals surface area contributed by atoms with Gasteiger partial charge in [-0.25, -0.2) is 0 Å². The smallest absolute Gasteiger partial charge is 0.254 e. The van der Waals surface area contributed by atoms with Crippen molar-refractivity contribution in [3.05, 3.63) is 35.1 Å². The second kappa shape index (κ2) is 3.93. The fourth-order valence-electron chi connectivity index (χ4n) is 1.36. The Morgan fingerprint density at radius 2 is 2.13 bits per heavy atom. The first-order valence-corrected chi connectivity index (χ1v) is 5.11. The van der Waals surface area contributed by atoms with Crippen LogP contribution in [0.15, 0.2) is 29.6 Å². The van der Waals surface area contributed by atoms with Gasteiger partial charge in [0.05, 0.1) is 23.1 Å². The molecule has 0 aromatic heterocycles. The Bertz CT molecular complexity index is 459. The summed E-state index contributed by atoms with van der Waals surface area (Å²) in [4.78, 5) is 11.1. The highest BCUT2D eigenvalue weighted by Gasteiger charge is 2.21. The monoisotopic (exact) mass is 262 g/mol. The zero-order chi connectivity index (χ0) is 11.0. The maximum absolute atomic E-state index is 11.1. The van der Waals surface area contributed by atoms with E-state index in [-0.39, 0.29) is 0 Å². The Morgan fingerprint density at radius 1 is 1.40 bits per heavy atom. The van der Waals surface area contributed by atoms with Crippen molar-refractivity contribution in [3.63, 3.8) is 0 Å². The van der Waals surface area contributed by atoms with E-state index in [1.165, 1.54) is 10.6 Å². The Hall–Kier alpha value is -0.900. The summed E-state index contributed by atoms with van der Waals surface area (Å²) in [5, 5.41) is 2.68. The van der Waals surface area contributed by atoms with Gasteiger partial charge in [0, 0.05) is 11.8 Å². The Labute approximate surface area is 101 Å². The minimum atomic E-state index is -0.564. The molecule has 1 aromatic rings. The van der Waals surface area contributed by atoms with E-state index in [1.807, 2.05) is 0 Å². The van der Waals surface area contributed by atoms with Crippen molar-refractivity contribution in [2.24, 2.45) is 0 Å². The van der Waals surface area contributed by atoms with Gasteiger partial charge in [-0.15, -0.1) is 0 Å². The fraction of sp³-hybridized carbons (Fsp3) is 0. The quantitative estimate of drug-likeness (QED) is 0.478. The third kappa shape index (κ3) is 1.91. The molecule has 0 amide bonds. The molecule has 0 saturated carbocycles. The largest absolute Gasteiger partial charge is 0.343 e. The summed E-state index contributed by atoms with van der Waals surface area (Å²) in [5.74, 6) is 0. The van der Waals surface area contributed by atoms with Crippen LogP contribution in [0.4, 0.5) is 11.4 Å². The minimum absolute atomic E-state index is 0.331. The third-order valence-electron chi connectivity index (χ3n) is 1.94. The summed E-state index contributed by atoms with van der Waals surface area (Å²) in [6, 6.07) is 5.05. The molecule has 1 heterocycles. The van der Waals surface area contributed by atoms with Crippen LogP contribution in [-0.4, -0.2) is 5.24 Å². The van der Waals surface area contributed by atoms with E-state index < -0.39 is 5.24 Å². The van der Waals surface area contributed by atoms with Gasteiger partial charge in [0.25, 0.3) is 5.24 Å². The fourth-order valence-corrected chi connectivity index (χ4v) is 2.04. The molecule has 1 aliphatic heterocycles. The predicted octanol–water partition coefficient (Wildman–Crippen LogP) is 3.49. The molecule has 0 radical (unpaired) electrons. The van der Waals surface area contributed by atoms with Gasteiger partial charge in [0.2, 0.25) is 0 Å². The highest BCUT2D eigenvalue weighted by molar-refractivity contribution is 6.68. The highest BCUT2D eigenvalue weighted by Crippen LogP contribution is 2.37. The molecule has 0 bridgehead atoms. The zero-order valence-corrected chi connectivity index (χ0v) is 9.57. The molecule has 2 rings (SSSR count). The minimum Gasteiger partial charge on any atom is -0.343 e. The molecule has 0 spiro atoms. The van der Waals surface area contributed by atoms with Crippen LogP contribution in [0.5, 0.6) is 0 Å². The summed E-state index contributed by atoms with van der Waals surface area (Å²) in [6.45, 7) is 0. The summed E-state index contributed by atoms with van der Waals surface area (Å²) in [7, 11) is 0. The number of halogens is 3. The summed E-state index contributed by atoms with van der Waals surface area (Å²) >= 11 is 17.1. The number of para-hydroxylation sites is 1. The molecule has 1 N–H and O–H groups in total. The van der Waals surface area contributed by atoms with Crippen molar-refractivity contribution in [2.75, 3.05) is 9.74 Å². The first-order valence-electron chi connectivity index (χ1n) is 4.02. The van der Waals surface area contributed by atoms with Gasteiger partial charge >= 0.3 is 0 Å². The van der Waals surface area contributed by atoms with Crippen LogP contribution in [0, 0.1) is 0 Å². The van der Waals surface area contributed by atoms with Crippen molar-refractivity contribution in [2.45, 2.75) is 0 Å². The number of nitrogens with zero attached hydrogens (tertiary/aromatic N) is 1. The number of carbonyl (C=O) groups excluding carboxylic acids is 1. The van der Waals surface area contributed by atoms with Gasteiger partial charge in [-0.3, -0.25) is 9.21 Å². The maximum Gasteiger partial charge on any atom is 0.254 e. The third-order valence-corrected chi connectivity index (χ3v) is 2.60. The first-order chi connectivity index (χ1) is 7.09. The lowest BCUT2D eigenvalue weighted by molar-refractivity contribution is 0.108. The number of rotatable bonds is 1. The Kier molecular flexibility index (Phi) is 2.78. The van der Waals surface area contributed by atoms with Gasteiger partial charge in [-0.05, 0) is 23.7 Å². The second-order valence-electron chi connectivity index (χ2n) is 2.89. The van der Waals surface area contributed by atoms with E-state index in [0.717, 1.165) is 0 Å². The van der Waals surface area contributed by atoms with Crippen molar-refractivity contribution in [3.8, 4) is 0 Å². The number of nitrogens with one attached hydrogen (secondary N) is 1. The average Bonchev–Trinajstić information content (AvgIpc) is 2.16. The molecule has 78 valence electrons. The molecule has 0 fully saturated rings. The van der Waals surface area contributed by atoms with Gasteiger partial charge in [-0.1, -0.05) is 17.7 Å². The van der Waals surface area contributed by atoms with E-state index in [2.05, 4.69) is 5.32 Å². The number of fused-ring (bicyclic) bond motifs is 1. The van der Waals surface area contributed by atoms with E-state index in [4.69, 9.17) is 35.0 Å². The van der Waals surface area contributed by atoms with Gasteiger partial charge < -0.3 is 5.32 Å². The van der Waals surface area contributed by atoms with Crippen molar-refractivity contribution >= 4 is 51.6 Å². The topological polar surface area (TPSA) is 32.3 Å². The van der Waals surface area contributed by atoms with Crippen LogP contribution in [0.25, 0.3) is 0 Å². The lowest BCUT2D eigenvalue weighted by Crippen LogP contribution is -2.15. The van der Waals surface area contributed by atoms with Crippen LogP contribution in [0.1, 0.15) is 10.4 Å². The van der Waals surface area contributed by atoms with Gasteiger partial charge in [0.1, 0.15) is 5.16 Å².